The molecule has 3 rings (SSSR count). The van der Waals surface area contributed by atoms with E-state index in [-0.39, 0.29) is 74.2 Å². The van der Waals surface area contributed by atoms with Gasteiger partial charge in [-0.05, 0) is 94.6 Å². The number of rotatable bonds is 24. The molecule has 0 aliphatic heterocycles. The Kier molecular flexibility index (Phi) is 43.1. The molecule has 0 radical (unpaired) electrons. The zero-order valence-electron chi connectivity index (χ0n) is 51.7. The van der Waals surface area contributed by atoms with Crippen molar-refractivity contribution in [2.75, 3.05) is 56.8 Å². The summed E-state index contributed by atoms with van der Waals surface area (Å²) in [5.74, 6) is -0.575. The quantitative estimate of drug-likeness (QED) is 0.0485. The molecule has 0 unspecified atom stereocenters. The van der Waals surface area contributed by atoms with Crippen molar-refractivity contribution < 1.29 is 57.2 Å². The number of hydrogen-bond acceptors (Lipinski definition) is 15. The molecule has 4 N–H and O–H groups in total. The Morgan fingerprint density at radius 2 is 1.00 bits per heavy atom. The fraction of sp³-hybridized carbons (Fsp3) is 0.600. The molecule has 0 aliphatic rings. The molecule has 3 aromatic rings. The third kappa shape index (κ3) is 36.5. The molecule has 0 aliphatic carbocycles. The van der Waals surface area contributed by atoms with Gasteiger partial charge in [0.15, 0.2) is 0 Å². The summed E-state index contributed by atoms with van der Waals surface area (Å²) < 4.78 is 31.2. The van der Waals surface area contributed by atoms with Gasteiger partial charge in [0.25, 0.3) is 0 Å². The Balaban J connectivity index is -0.00000108. The predicted molar refractivity (Wildman–Crippen MR) is 316 cm³/mol. The number of nitrogens with zero attached hydrogens (tertiary/aromatic N) is 2. The summed E-state index contributed by atoms with van der Waals surface area (Å²) in [4.78, 5) is 73.0. The van der Waals surface area contributed by atoms with Gasteiger partial charge >= 0.3 is 30.1 Å². The number of amides is 3. The number of methoxy groups -OCH3 is 1. The van der Waals surface area contributed by atoms with Crippen molar-refractivity contribution in [1.82, 2.24) is 15.1 Å². The maximum absolute atomic E-state index is 12.3. The van der Waals surface area contributed by atoms with Gasteiger partial charge in [-0.1, -0.05) is 107 Å². The Hall–Kier alpha value is -6.56. The Morgan fingerprint density at radius 3 is 1.49 bits per heavy atom. The lowest BCUT2D eigenvalue weighted by molar-refractivity contribution is -0.149. The monoisotopic (exact) mass is 1100 g/mol. The van der Waals surface area contributed by atoms with E-state index in [4.69, 9.17) is 28.4 Å². The second-order valence-corrected chi connectivity index (χ2v) is 18.9. The highest BCUT2D eigenvalue weighted by atomic mass is 16.6. The topological polar surface area (TPSA) is 212 Å². The highest BCUT2D eigenvalue weighted by Gasteiger charge is 2.17. The van der Waals surface area contributed by atoms with Crippen LogP contribution in [0.5, 0.6) is 5.75 Å². The lowest BCUT2D eigenvalue weighted by Crippen LogP contribution is -2.38. The smallest absolute Gasteiger partial charge is 0.409 e. The summed E-state index contributed by atoms with van der Waals surface area (Å²) >= 11 is 0. The van der Waals surface area contributed by atoms with Gasteiger partial charge in [-0.2, -0.15) is 0 Å². The van der Waals surface area contributed by atoms with Crippen LogP contribution in [-0.2, 0) is 69.3 Å². The fourth-order valence-corrected chi connectivity index (χ4v) is 5.82. The van der Waals surface area contributed by atoms with Crippen LogP contribution in [0.25, 0.3) is 0 Å². The van der Waals surface area contributed by atoms with Crippen LogP contribution in [0.3, 0.4) is 0 Å². The van der Waals surface area contributed by atoms with Gasteiger partial charge in [0.2, 0.25) is 5.91 Å². The number of benzene rings is 3. The van der Waals surface area contributed by atoms with E-state index in [0.717, 1.165) is 28.1 Å². The molecule has 78 heavy (non-hydrogen) atoms. The Bertz CT molecular complexity index is 2130. The van der Waals surface area contributed by atoms with Crippen LogP contribution in [0.1, 0.15) is 160 Å². The Labute approximate surface area is 469 Å². The molecule has 18 heteroatoms. The zero-order chi connectivity index (χ0) is 60.5. The van der Waals surface area contributed by atoms with Crippen LogP contribution in [0.15, 0.2) is 60.7 Å². The van der Waals surface area contributed by atoms with E-state index in [0.29, 0.717) is 55.2 Å². The summed E-state index contributed by atoms with van der Waals surface area (Å²) in [6, 6.07) is 19.8. The minimum atomic E-state index is -0.526. The highest BCUT2D eigenvalue weighted by Crippen LogP contribution is 2.26. The number of ether oxygens (including phenoxy) is 6. The molecule has 444 valence electrons. The van der Waals surface area contributed by atoms with E-state index in [1.165, 1.54) is 23.8 Å². The third-order valence-electron chi connectivity index (χ3n) is 9.69. The van der Waals surface area contributed by atoms with Crippen molar-refractivity contribution in [2.24, 2.45) is 11.8 Å². The number of anilines is 3. The first kappa shape index (κ1) is 75.7. The molecule has 0 atom stereocenters. The van der Waals surface area contributed by atoms with Gasteiger partial charge in [0.05, 0.1) is 30.7 Å². The van der Waals surface area contributed by atoms with Gasteiger partial charge in [-0.15, -0.1) is 0 Å². The summed E-state index contributed by atoms with van der Waals surface area (Å²) in [6.45, 7) is 38.4. The predicted octanol–water partition coefficient (Wildman–Crippen LogP) is 12.6. The largest absolute Gasteiger partial charge is 0.495 e. The molecule has 0 fully saturated rings. The van der Waals surface area contributed by atoms with Crippen LogP contribution in [0, 0.1) is 11.8 Å². The molecular formula is C60H102N6O12. The third-order valence-corrected chi connectivity index (χ3v) is 9.69. The summed E-state index contributed by atoms with van der Waals surface area (Å²) in [5, 5.41) is 12.7. The van der Waals surface area contributed by atoms with Crippen molar-refractivity contribution in [3.63, 3.8) is 0 Å². The summed E-state index contributed by atoms with van der Waals surface area (Å²) in [6.07, 6.45) is -0.857. The summed E-state index contributed by atoms with van der Waals surface area (Å²) in [5.41, 5.74) is 5.95. The lowest BCUT2D eigenvalue weighted by Gasteiger charge is -2.22. The number of nitrogens with one attached hydrogen (secondary N) is 4. The first-order chi connectivity index (χ1) is 36.8. The average molecular weight is 1100 g/mol. The molecule has 3 aromatic carbocycles. The first-order valence-corrected chi connectivity index (χ1v) is 27.5. The molecule has 0 spiro atoms. The van der Waals surface area contributed by atoms with Crippen LogP contribution in [0.2, 0.25) is 0 Å². The highest BCUT2D eigenvalue weighted by molar-refractivity contribution is 5.92. The maximum atomic E-state index is 12.3. The number of esters is 3. The van der Waals surface area contributed by atoms with Crippen LogP contribution < -0.4 is 26.0 Å². The molecule has 0 heterocycles. The van der Waals surface area contributed by atoms with Gasteiger partial charge in [-0.25, -0.2) is 9.59 Å². The second kappa shape index (κ2) is 44.4. The molecule has 18 nitrogen and oxygen atoms in total. The van der Waals surface area contributed by atoms with E-state index in [9.17, 15) is 28.8 Å². The number of carbonyl (C=O) groups excluding carboxylic acids is 6. The molecule has 0 bridgehead atoms. The summed E-state index contributed by atoms with van der Waals surface area (Å²) in [7, 11) is 4.72. The molecule has 3 amide bonds. The van der Waals surface area contributed by atoms with Crippen molar-refractivity contribution >= 4 is 53.1 Å². The number of likely N-dealkylation sites (N-methyl/N-ethyl adjacent to an activating group) is 2. The van der Waals surface area contributed by atoms with Crippen LogP contribution >= 0.6 is 0 Å². The van der Waals surface area contributed by atoms with Crippen LogP contribution in [-0.4, -0.2) is 111 Å². The van der Waals surface area contributed by atoms with Gasteiger partial charge in [0, 0.05) is 82.1 Å². The number of carbonyl (C=O) groups is 6. The average Bonchev–Trinajstić information content (AvgIpc) is 3.39. The lowest BCUT2D eigenvalue weighted by atomic mass is 10.1. The first-order valence-electron chi connectivity index (χ1n) is 27.5. The minimum Gasteiger partial charge on any atom is -0.495 e. The van der Waals surface area contributed by atoms with E-state index in [2.05, 4.69) is 35.1 Å². The number of hydrogen-bond donors (Lipinski definition) is 4. The van der Waals surface area contributed by atoms with Crippen molar-refractivity contribution in [2.45, 2.75) is 189 Å². The maximum Gasteiger partial charge on any atom is 0.409 e. The van der Waals surface area contributed by atoms with Gasteiger partial charge in [-0.3, -0.25) is 19.2 Å². The van der Waals surface area contributed by atoms with Gasteiger partial charge < -0.3 is 59.5 Å². The standard InChI is InChI=1S/C23H38N4O6.C17H25NO4.C14H21NO2.3C2H6/c1-16(2)24-11-10-21(28)25-19-14-18(8-9-20(19)31-7)15-32-22(29)26(5)12-13-27(6)23(30)33-17(3)4;1-11(2)17(20)22-10-15-8-14(9-21-13(5)19)6-7-16(15)18-12(3)4;1-10(2)14(16)17-9-12-5-7-13(8-6-12)15-11(3)4;3*1-2/h8-9,14,16-17,24H,10-13,15H2,1-7H3,(H,25,28);6-8,11-12,18H,9-10H2,1-5H3;5-8,10-11,15H,9H2,1-4H3;3*1-2H3. The molecule has 0 saturated carbocycles. The van der Waals surface area contributed by atoms with Crippen molar-refractivity contribution in [3.05, 3.63) is 82.9 Å². The van der Waals surface area contributed by atoms with Gasteiger partial charge in [0.1, 0.15) is 32.2 Å². The minimum absolute atomic E-state index is 0.0240. The van der Waals surface area contributed by atoms with E-state index >= 15 is 0 Å². The van der Waals surface area contributed by atoms with Crippen molar-refractivity contribution in [1.29, 1.82) is 0 Å². The van der Waals surface area contributed by atoms with E-state index in [1.54, 1.807) is 60.0 Å². The SMILES string of the molecule is CC.CC.CC.CC(=O)OCc1ccc(NC(C)C)c(COC(=O)C(C)C)c1.CC(C)Nc1ccc(COC(=O)C(C)C)cc1.COc1ccc(COC(=O)N(C)CCN(C)C(=O)OC(C)C)cc1NC(=O)CCNC(C)C. The zero-order valence-corrected chi connectivity index (χ0v) is 51.7. The van der Waals surface area contributed by atoms with Crippen LogP contribution in [0.4, 0.5) is 26.7 Å². The normalized spacial score (nSPS) is 10.1. The van der Waals surface area contributed by atoms with E-state index in [1.807, 2.05) is 126 Å². The van der Waals surface area contributed by atoms with E-state index < -0.39 is 12.2 Å². The van der Waals surface area contributed by atoms with Crippen molar-refractivity contribution in [3.8, 4) is 5.75 Å². The molecule has 0 aromatic heterocycles. The fourth-order valence-electron chi connectivity index (χ4n) is 5.82. The Morgan fingerprint density at radius 1 is 0.526 bits per heavy atom. The second-order valence-electron chi connectivity index (χ2n) is 18.9. The molecular weight excluding hydrogens is 997 g/mol. The molecule has 0 saturated heterocycles.